The largest absolute Gasteiger partial charge is 0.478 e. The Bertz CT molecular complexity index is 1320. The Balaban J connectivity index is 1.55. The monoisotopic (exact) mass is 545 g/mol. The number of hydrogen-bond acceptors (Lipinski definition) is 9. The molecule has 10 heteroatoms. The van der Waals surface area contributed by atoms with Gasteiger partial charge in [0.05, 0.1) is 13.2 Å². The van der Waals surface area contributed by atoms with E-state index >= 15 is 0 Å². The van der Waals surface area contributed by atoms with Crippen LogP contribution in [0.25, 0.3) is 0 Å². The van der Waals surface area contributed by atoms with E-state index in [1.807, 2.05) is 13.8 Å². The summed E-state index contributed by atoms with van der Waals surface area (Å²) in [6.07, 6.45) is 3.37. The van der Waals surface area contributed by atoms with Crippen molar-refractivity contribution in [2.75, 3.05) is 13.2 Å². The molecular weight excluding hydrogens is 510 g/mol. The van der Waals surface area contributed by atoms with Crippen molar-refractivity contribution in [3.05, 3.63) is 77.4 Å². The normalized spacial score (nSPS) is 16.5. The van der Waals surface area contributed by atoms with Crippen LogP contribution in [0.2, 0.25) is 0 Å². The second-order valence-electron chi connectivity index (χ2n) is 9.36. The maximum atomic E-state index is 13.3. The van der Waals surface area contributed by atoms with Gasteiger partial charge in [-0.2, -0.15) is 4.98 Å². The lowest BCUT2D eigenvalue weighted by Gasteiger charge is -2.27. The Labute approximate surface area is 233 Å². The van der Waals surface area contributed by atoms with Crippen LogP contribution in [-0.2, 0) is 9.47 Å². The highest BCUT2D eigenvalue weighted by atomic mass is 16.5. The summed E-state index contributed by atoms with van der Waals surface area (Å²) < 4.78 is 22.5. The molecule has 0 bridgehead atoms. The number of rotatable bonds is 10. The van der Waals surface area contributed by atoms with Gasteiger partial charge in [-0.25, -0.2) is 0 Å². The van der Waals surface area contributed by atoms with E-state index in [0.29, 0.717) is 35.8 Å². The predicted octanol–water partition coefficient (Wildman–Crippen LogP) is 5.39. The predicted molar refractivity (Wildman–Crippen MR) is 152 cm³/mol. The molecular formula is C30H35N5O5. The summed E-state index contributed by atoms with van der Waals surface area (Å²) in [5, 5.41) is 19.0. The first-order valence-corrected chi connectivity index (χ1v) is 13.4. The van der Waals surface area contributed by atoms with Crippen LogP contribution in [0.4, 0.5) is 0 Å². The smallest absolute Gasteiger partial charge is 0.257 e. The molecule has 0 aliphatic heterocycles. The topological polar surface area (TPSA) is 153 Å². The Kier molecular flexibility index (Phi) is 9.69. The number of amides is 1. The summed E-state index contributed by atoms with van der Waals surface area (Å²) in [6.45, 7) is 4.46. The van der Waals surface area contributed by atoms with Crippen molar-refractivity contribution >= 4 is 17.7 Å². The molecule has 2 aromatic carbocycles. The van der Waals surface area contributed by atoms with Crippen LogP contribution in [0.15, 0.2) is 60.7 Å². The molecule has 1 saturated carbocycles. The molecule has 0 unspecified atom stereocenters. The van der Waals surface area contributed by atoms with Crippen LogP contribution in [0, 0.1) is 10.8 Å². The van der Waals surface area contributed by atoms with E-state index in [-0.39, 0.29) is 47.1 Å². The maximum Gasteiger partial charge on any atom is 0.257 e. The number of nitrogens with zero attached hydrogens (tertiary/aromatic N) is 1. The van der Waals surface area contributed by atoms with Crippen LogP contribution in [0.1, 0.15) is 61.0 Å². The second kappa shape index (κ2) is 13.6. The molecule has 1 aromatic heterocycles. The number of aromatic nitrogens is 1. The maximum absolute atomic E-state index is 13.3. The molecule has 0 saturated heterocycles. The molecule has 1 amide bonds. The molecule has 3 aromatic rings. The molecule has 10 nitrogen and oxygen atoms in total. The summed E-state index contributed by atoms with van der Waals surface area (Å²) in [4.78, 5) is 17.8. The average molecular weight is 546 g/mol. The highest BCUT2D eigenvalue weighted by Crippen LogP contribution is 2.29. The molecule has 0 radical (unpaired) electrons. The van der Waals surface area contributed by atoms with Crippen molar-refractivity contribution in [2.45, 2.75) is 51.6 Å². The highest BCUT2D eigenvalue weighted by Gasteiger charge is 2.23. The molecule has 1 fully saturated rings. The molecule has 40 heavy (non-hydrogen) atoms. The zero-order chi connectivity index (χ0) is 28.5. The summed E-state index contributed by atoms with van der Waals surface area (Å²) in [6, 6.07) is 17.1. The van der Waals surface area contributed by atoms with Gasteiger partial charge in [0.15, 0.2) is 0 Å². The van der Waals surface area contributed by atoms with Crippen molar-refractivity contribution in [3.63, 3.8) is 0 Å². The van der Waals surface area contributed by atoms with Crippen LogP contribution >= 0.6 is 0 Å². The van der Waals surface area contributed by atoms with E-state index in [1.165, 1.54) is 0 Å². The summed E-state index contributed by atoms with van der Waals surface area (Å²) >= 11 is 0. The first-order valence-electron chi connectivity index (χ1n) is 13.4. The second-order valence-corrected chi connectivity index (χ2v) is 9.36. The van der Waals surface area contributed by atoms with E-state index in [4.69, 9.17) is 35.5 Å². The minimum absolute atomic E-state index is 0.0360. The van der Waals surface area contributed by atoms with E-state index in [0.717, 1.165) is 25.7 Å². The fraction of sp³-hybridized carbons (Fsp3) is 0.333. The number of hydrogen-bond donors (Lipinski definition) is 4. The Morgan fingerprint density at radius 2 is 1.35 bits per heavy atom. The van der Waals surface area contributed by atoms with Gasteiger partial charge >= 0.3 is 0 Å². The fourth-order valence-electron chi connectivity index (χ4n) is 4.29. The third-order valence-electron chi connectivity index (χ3n) is 6.43. The van der Waals surface area contributed by atoms with Crippen molar-refractivity contribution in [1.29, 1.82) is 10.8 Å². The first-order chi connectivity index (χ1) is 19.4. The third kappa shape index (κ3) is 7.57. The van der Waals surface area contributed by atoms with Gasteiger partial charge in [-0.3, -0.25) is 15.6 Å². The molecule has 1 heterocycles. The lowest BCUT2D eigenvalue weighted by Crippen LogP contribution is -2.40. The van der Waals surface area contributed by atoms with E-state index in [9.17, 15) is 4.79 Å². The fourth-order valence-corrected chi connectivity index (χ4v) is 4.29. The van der Waals surface area contributed by atoms with Crippen molar-refractivity contribution in [1.82, 2.24) is 10.3 Å². The number of nitrogens with two attached hydrogens (primary N) is 1. The Hall–Kier alpha value is -4.44. The molecule has 1 aliphatic carbocycles. The standard InChI is InChI=1S/C30H35N5O5/c1-3-37-27(32)19-5-13-23(14-6-19)39-26-18-17-25(29(36)34-22-11-9-21(31)10-12-22)30(35-26)40-24-15-7-20(8-16-24)28(33)38-4-2/h5-8,13-18,21-22,32-33H,3-4,9-12,31H2,1-2H3,(H,34,36). The van der Waals surface area contributed by atoms with Gasteiger partial charge in [-0.05, 0) is 94.1 Å². The number of carbonyl (C=O) groups excluding carboxylic acids is 1. The van der Waals surface area contributed by atoms with Gasteiger partial charge in [-0.15, -0.1) is 0 Å². The average Bonchev–Trinajstić information content (AvgIpc) is 2.95. The number of nitrogens with one attached hydrogen (secondary N) is 3. The van der Waals surface area contributed by atoms with E-state index in [2.05, 4.69) is 10.3 Å². The quantitative estimate of drug-likeness (QED) is 0.197. The first kappa shape index (κ1) is 28.6. The van der Waals surface area contributed by atoms with Gasteiger partial charge in [0, 0.05) is 29.3 Å². The number of benzene rings is 2. The third-order valence-corrected chi connectivity index (χ3v) is 6.43. The van der Waals surface area contributed by atoms with Crippen molar-refractivity contribution in [3.8, 4) is 23.3 Å². The SMILES string of the molecule is CCOC(=N)c1ccc(Oc2ccc(C(=O)NC3CCC(N)CC3)c(Oc3ccc(C(=N)OCC)cc3)n2)cc1. The van der Waals surface area contributed by atoms with Crippen LogP contribution in [-0.4, -0.2) is 48.0 Å². The molecule has 5 N–H and O–H groups in total. The Morgan fingerprint density at radius 1 is 0.825 bits per heavy atom. The van der Waals surface area contributed by atoms with Crippen molar-refractivity contribution in [2.24, 2.45) is 5.73 Å². The highest BCUT2D eigenvalue weighted by molar-refractivity contribution is 5.97. The van der Waals surface area contributed by atoms with Gasteiger partial charge in [0.2, 0.25) is 23.6 Å². The zero-order valence-corrected chi connectivity index (χ0v) is 22.7. The van der Waals surface area contributed by atoms with Crippen LogP contribution < -0.4 is 20.5 Å². The van der Waals surface area contributed by atoms with E-state index < -0.39 is 0 Å². The Morgan fingerprint density at radius 3 is 1.88 bits per heavy atom. The summed E-state index contributed by atoms with van der Waals surface area (Å²) in [5.41, 5.74) is 7.52. The molecule has 210 valence electrons. The molecule has 0 spiro atoms. The van der Waals surface area contributed by atoms with Gasteiger partial charge in [0.1, 0.15) is 17.1 Å². The van der Waals surface area contributed by atoms with Crippen molar-refractivity contribution < 1.29 is 23.7 Å². The number of ether oxygens (including phenoxy) is 4. The molecule has 4 rings (SSSR count). The van der Waals surface area contributed by atoms with Gasteiger partial charge < -0.3 is 30.0 Å². The number of carbonyl (C=O) groups is 1. The lowest BCUT2D eigenvalue weighted by molar-refractivity contribution is 0.0922. The number of pyridine rings is 1. The molecule has 0 atom stereocenters. The minimum atomic E-state index is -0.289. The minimum Gasteiger partial charge on any atom is -0.478 e. The van der Waals surface area contributed by atoms with Crippen LogP contribution in [0.5, 0.6) is 23.3 Å². The van der Waals surface area contributed by atoms with Gasteiger partial charge in [-0.1, -0.05) is 0 Å². The van der Waals surface area contributed by atoms with E-state index in [1.54, 1.807) is 60.7 Å². The zero-order valence-electron chi connectivity index (χ0n) is 22.7. The van der Waals surface area contributed by atoms with Crippen LogP contribution in [0.3, 0.4) is 0 Å². The molecule has 1 aliphatic rings. The summed E-state index contributed by atoms with van der Waals surface area (Å²) in [7, 11) is 0. The summed E-state index contributed by atoms with van der Waals surface area (Å²) in [5.74, 6) is 1.12. The van der Waals surface area contributed by atoms with Gasteiger partial charge in [0.25, 0.3) is 5.91 Å². The lowest BCUT2D eigenvalue weighted by atomic mass is 9.91.